The van der Waals surface area contributed by atoms with Gasteiger partial charge in [-0.2, -0.15) is 0 Å². The molecule has 0 spiro atoms. The highest BCUT2D eigenvalue weighted by Crippen LogP contribution is 2.33. The lowest BCUT2D eigenvalue weighted by Gasteiger charge is -2.46. The van der Waals surface area contributed by atoms with Crippen LogP contribution in [0.25, 0.3) is 11.3 Å². The molecule has 164 valence electrons. The zero-order valence-electron chi connectivity index (χ0n) is 17.9. The maximum absolute atomic E-state index is 12.7. The van der Waals surface area contributed by atoms with Crippen LogP contribution in [-0.2, 0) is 4.79 Å². The second-order valence-corrected chi connectivity index (χ2v) is 8.00. The first-order chi connectivity index (χ1) is 15.1. The predicted molar refractivity (Wildman–Crippen MR) is 118 cm³/mol. The van der Waals surface area contributed by atoms with Crippen LogP contribution in [0.15, 0.2) is 41.6 Å². The largest absolute Gasteiger partial charge is 0.480 e. The van der Waals surface area contributed by atoms with E-state index in [1.807, 2.05) is 24.1 Å². The van der Waals surface area contributed by atoms with E-state index in [0.717, 1.165) is 12.1 Å². The van der Waals surface area contributed by atoms with Crippen molar-refractivity contribution >= 4 is 11.6 Å². The van der Waals surface area contributed by atoms with Crippen LogP contribution in [0.2, 0.25) is 0 Å². The molecule has 3 heterocycles. The molecule has 1 saturated heterocycles. The number of rotatable bonds is 9. The molecule has 9 nitrogen and oxygen atoms in total. The van der Waals surface area contributed by atoms with Crippen molar-refractivity contribution in [2.75, 3.05) is 45.2 Å². The number of ether oxygens (including phenoxy) is 1. The fourth-order valence-electron chi connectivity index (χ4n) is 3.66. The number of carbonyl (C=O) groups excluding carboxylic acids is 1. The van der Waals surface area contributed by atoms with Crippen molar-refractivity contribution in [3.63, 3.8) is 0 Å². The van der Waals surface area contributed by atoms with E-state index < -0.39 is 0 Å². The van der Waals surface area contributed by atoms with Crippen molar-refractivity contribution in [2.45, 2.75) is 18.9 Å². The summed E-state index contributed by atoms with van der Waals surface area (Å²) >= 11 is 0. The summed E-state index contributed by atoms with van der Waals surface area (Å²) in [6, 6.07) is 1.98. The van der Waals surface area contributed by atoms with Gasteiger partial charge in [0.15, 0.2) is 0 Å². The summed E-state index contributed by atoms with van der Waals surface area (Å²) in [6.45, 7) is 2.70. The molecular formula is C22H28N6O3. The van der Waals surface area contributed by atoms with Crippen molar-refractivity contribution in [3.8, 4) is 17.1 Å². The van der Waals surface area contributed by atoms with Crippen molar-refractivity contribution < 1.29 is 9.53 Å². The van der Waals surface area contributed by atoms with Crippen LogP contribution in [0.5, 0.6) is 5.88 Å². The first kappa shape index (κ1) is 21.0. The van der Waals surface area contributed by atoms with E-state index in [0.29, 0.717) is 42.8 Å². The highest BCUT2D eigenvalue weighted by molar-refractivity contribution is 5.88. The van der Waals surface area contributed by atoms with Gasteiger partial charge in [-0.1, -0.05) is 6.08 Å². The summed E-state index contributed by atoms with van der Waals surface area (Å²) in [7, 11) is 3.38. The van der Waals surface area contributed by atoms with Gasteiger partial charge in [0.05, 0.1) is 31.2 Å². The van der Waals surface area contributed by atoms with E-state index in [4.69, 9.17) is 4.74 Å². The molecular weight excluding hydrogens is 396 g/mol. The summed E-state index contributed by atoms with van der Waals surface area (Å²) < 4.78 is 5.17. The topological polar surface area (TPSA) is 103 Å². The SMILES string of the molecule is CNC/C=C/C(=O)N1CC(N(CC2CC2)c2cc(-c3cncc(OC)n3)c[nH]c2=O)C1. The molecule has 2 aromatic heterocycles. The quantitative estimate of drug-likeness (QED) is 0.580. The number of H-pyrrole nitrogens is 1. The molecule has 0 aromatic carbocycles. The van der Waals surface area contributed by atoms with Gasteiger partial charge in [-0.15, -0.1) is 0 Å². The Morgan fingerprint density at radius 2 is 2.19 bits per heavy atom. The van der Waals surface area contributed by atoms with Gasteiger partial charge < -0.3 is 24.8 Å². The molecule has 2 fully saturated rings. The summed E-state index contributed by atoms with van der Waals surface area (Å²) in [5, 5.41) is 2.99. The molecule has 0 bridgehead atoms. The molecule has 1 aliphatic carbocycles. The molecule has 31 heavy (non-hydrogen) atoms. The third kappa shape index (κ3) is 4.93. The number of nitrogens with zero attached hydrogens (tertiary/aromatic N) is 4. The second-order valence-electron chi connectivity index (χ2n) is 8.00. The van der Waals surface area contributed by atoms with Crippen LogP contribution >= 0.6 is 0 Å². The van der Waals surface area contributed by atoms with E-state index in [2.05, 4.69) is 25.2 Å². The number of methoxy groups -OCH3 is 1. The van der Waals surface area contributed by atoms with Crippen molar-refractivity contribution in [1.82, 2.24) is 25.2 Å². The van der Waals surface area contributed by atoms with Gasteiger partial charge in [-0.3, -0.25) is 14.6 Å². The van der Waals surface area contributed by atoms with Crippen LogP contribution in [0.1, 0.15) is 12.8 Å². The first-order valence-corrected chi connectivity index (χ1v) is 10.5. The number of likely N-dealkylation sites (N-methyl/N-ethyl adjacent to an activating group) is 1. The molecule has 1 amide bonds. The minimum Gasteiger partial charge on any atom is -0.480 e. The lowest BCUT2D eigenvalue weighted by atomic mass is 10.0. The fourth-order valence-corrected chi connectivity index (χ4v) is 3.66. The summed E-state index contributed by atoms with van der Waals surface area (Å²) in [6.07, 6.45) is 10.6. The number of anilines is 1. The smallest absolute Gasteiger partial charge is 0.271 e. The molecule has 2 aromatic rings. The summed E-state index contributed by atoms with van der Waals surface area (Å²) in [4.78, 5) is 40.5. The number of aromatic nitrogens is 3. The number of hydrogen-bond acceptors (Lipinski definition) is 7. The lowest BCUT2D eigenvalue weighted by Crippen LogP contribution is -2.62. The minimum atomic E-state index is -0.140. The monoisotopic (exact) mass is 424 g/mol. The number of hydrogen-bond donors (Lipinski definition) is 2. The van der Waals surface area contributed by atoms with Gasteiger partial charge in [0, 0.05) is 44.0 Å². The molecule has 0 unspecified atom stereocenters. The Hall–Kier alpha value is -3.20. The number of aromatic amines is 1. The molecule has 2 N–H and O–H groups in total. The Balaban J connectivity index is 1.54. The number of pyridine rings is 1. The molecule has 0 atom stereocenters. The van der Waals surface area contributed by atoms with E-state index in [1.54, 1.807) is 31.8 Å². The maximum Gasteiger partial charge on any atom is 0.271 e. The van der Waals surface area contributed by atoms with Crippen molar-refractivity contribution in [2.24, 2.45) is 5.92 Å². The lowest BCUT2D eigenvalue weighted by molar-refractivity contribution is -0.130. The van der Waals surface area contributed by atoms with Gasteiger partial charge in [0.1, 0.15) is 5.69 Å². The molecule has 2 aliphatic rings. The number of amides is 1. The molecule has 1 saturated carbocycles. The second kappa shape index (κ2) is 9.30. The average molecular weight is 425 g/mol. The average Bonchev–Trinajstić information content (AvgIpc) is 3.57. The molecule has 1 aliphatic heterocycles. The van der Waals surface area contributed by atoms with Crippen LogP contribution in [0.3, 0.4) is 0 Å². The van der Waals surface area contributed by atoms with Gasteiger partial charge in [-0.05, 0) is 31.9 Å². The number of carbonyl (C=O) groups is 1. The van der Waals surface area contributed by atoms with E-state index in [9.17, 15) is 9.59 Å². The Morgan fingerprint density at radius 3 is 2.90 bits per heavy atom. The highest BCUT2D eigenvalue weighted by Gasteiger charge is 2.37. The zero-order valence-corrected chi connectivity index (χ0v) is 17.9. The standard InChI is InChI=1S/C22H28N6O3/c1-23-7-3-4-21(29)27-13-17(14-27)28(12-15-5-6-15)19-8-16(9-25-22(19)30)18-10-24-11-20(26-18)31-2/h3-4,8-11,15,17,23H,5-7,12-14H2,1-2H3,(H,25,30)/b4-3+. The van der Waals surface area contributed by atoms with Gasteiger partial charge >= 0.3 is 0 Å². The Morgan fingerprint density at radius 1 is 1.39 bits per heavy atom. The van der Waals surface area contributed by atoms with E-state index in [-0.39, 0.29) is 17.5 Å². The van der Waals surface area contributed by atoms with E-state index in [1.165, 1.54) is 12.8 Å². The minimum absolute atomic E-state index is 0.00665. The number of nitrogens with one attached hydrogen (secondary N) is 2. The predicted octanol–water partition coefficient (Wildman–Crippen LogP) is 1.04. The van der Waals surface area contributed by atoms with Crippen LogP contribution < -0.4 is 20.5 Å². The Kier molecular flexibility index (Phi) is 6.31. The van der Waals surface area contributed by atoms with Crippen molar-refractivity contribution in [3.05, 3.63) is 47.2 Å². The van der Waals surface area contributed by atoms with Crippen LogP contribution in [-0.4, -0.2) is 72.1 Å². The normalized spacial score (nSPS) is 16.4. The third-order valence-corrected chi connectivity index (χ3v) is 5.66. The van der Waals surface area contributed by atoms with Gasteiger partial charge in [0.25, 0.3) is 5.56 Å². The van der Waals surface area contributed by atoms with Gasteiger partial charge in [-0.25, -0.2) is 4.98 Å². The van der Waals surface area contributed by atoms with Gasteiger partial charge in [0.2, 0.25) is 11.8 Å². The molecule has 4 rings (SSSR count). The Labute approximate surface area is 181 Å². The summed E-state index contributed by atoms with van der Waals surface area (Å²) in [5.74, 6) is 1.02. The first-order valence-electron chi connectivity index (χ1n) is 10.5. The zero-order chi connectivity index (χ0) is 21.8. The number of likely N-dealkylation sites (tertiary alicyclic amines) is 1. The molecule has 9 heteroatoms. The maximum atomic E-state index is 12.7. The summed E-state index contributed by atoms with van der Waals surface area (Å²) in [5.41, 5.74) is 1.86. The van der Waals surface area contributed by atoms with Crippen LogP contribution in [0, 0.1) is 5.92 Å². The molecule has 0 radical (unpaired) electrons. The third-order valence-electron chi connectivity index (χ3n) is 5.66. The fraction of sp³-hybridized carbons (Fsp3) is 0.455. The highest BCUT2D eigenvalue weighted by atomic mass is 16.5. The Bertz CT molecular complexity index is 1010. The van der Waals surface area contributed by atoms with Crippen LogP contribution in [0.4, 0.5) is 5.69 Å². The van der Waals surface area contributed by atoms with E-state index >= 15 is 0 Å². The van der Waals surface area contributed by atoms with Crippen molar-refractivity contribution in [1.29, 1.82) is 0 Å².